The molecular weight excluding hydrogens is 2110 g/mol. The second-order valence-electron chi connectivity index (χ2n) is 34.5. The van der Waals surface area contributed by atoms with Gasteiger partial charge in [-0.05, 0) is 90.1 Å². The van der Waals surface area contributed by atoms with Gasteiger partial charge in [0.15, 0.2) is 44.7 Å². The predicted octanol–water partition coefficient (Wildman–Crippen LogP) is 4.12. The number of rotatable bonds is 16. The Morgan fingerprint density at radius 1 is 0.353 bits per heavy atom. The van der Waals surface area contributed by atoms with Gasteiger partial charge < -0.3 is 86.5 Å². The molecule has 0 bridgehead atoms. The number of fused-ring (bicyclic) bond motifs is 4. The first-order valence-corrected chi connectivity index (χ1v) is 45.7. The van der Waals surface area contributed by atoms with Crippen LogP contribution in [0.25, 0.3) is 67.4 Å². The van der Waals surface area contributed by atoms with Crippen LogP contribution in [0.2, 0.25) is 20.1 Å². The number of aromatic amines is 1. The number of primary amides is 2. The standard InChI is InChI=1S/C23H28ClN7O5.C23H27ClN6O6.C18H19ClN6O4.C17H18ClN7O3.3C2HF3O2/c1-23(2,3)36-22(35)29-11-9-28(10-12-29)20-26-18-17(31(20)15-8-6-5-7-14(15)24)19(33)27(4)21(34)30(18)13-16(25)32;1-23(2,3)36-22(35)28-11-9-27(10-12-28)20-25-18-17(30(20)15-8-6-5-7-14(15)24)19(33)26(4)21(34)29(18)13-16(31)32;1-22-16(28)14-15(24(18(22)29)10-13(26)27)21-17(23-8-6-20-7-9-23)25(14)12-5-3-2-4-11(12)19;18-10-3-1-2-4-11(10)25-13-14(21-16(25)23-7-5-20-6-8-23)24(9-12(19)26)17(28)22-15(13)27;3*3-2(4,5)1(6)7/h5-8H,9-13H2,1-4H3,(H2,25,32);5-8H,9-13H2,1-4H3,(H,31,32);2-5,20H,6-10H2,1H3,(H,26,27);1-4,20H,5-9H2,(H2,19,26)(H,22,27,28);3*(H,6,7). The molecule has 0 saturated carbocycles. The van der Waals surface area contributed by atoms with E-state index in [4.69, 9.17) is 97.0 Å². The van der Waals surface area contributed by atoms with Crippen molar-refractivity contribution in [3.63, 3.8) is 0 Å². The van der Waals surface area contributed by atoms with E-state index in [0.717, 1.165) is 58.1 Å². The molecule has 50 nitrogen and oxygen atoms in total. The second-order valence-corrected chi connectivity index (χ2v) is 36.2. The van der Waals surface area contributed by atoms with Crippen molar-refractivity contribution in [3.8, 4) is 22.7 Å². The second kappa shape index (κ2) is 47.4. The summed E-state index contributed by atoms with van der Waals surface area (Å²) in [6.07, 6.45) is -16.1. The molecule has 4 amide bonds. The van der Waals surface area contributed by atoms with Crippen LogP contribution in [0, 0.1) is 0 Å². The van der Waals surface area contributed by atoms with Gasteiger partial charge in [-0.3, -0.25) is 93.6 Å². The van der Waals surface area contributed by atoms with E-state index < -0.39 is 155 Å². The third kappa shape index (κ3) is 27.3. The fourth-order valence-corrected chi connectivity index (χ4v) is 15.9. The molecule has 150 heavy (non-hydrogen) atoms. The topological polar surface area (TPSA) is 627 Å². The lowest BCUT2D eigenvalue weighted by Gasteiger charge is -2.36. The molecule has 12 N–H and O–H groups in total. The fraction of sp³-hybridized carbons (Fsp3) is 0.391. The molecule has 63 heteroatoms. The number of H-pyrrole nitrogens is 1. The number of aliphatic carboxylic acids is 5. The normalized spacial score (nSPS) is 14.0. The number of nitrogens with zero attached hydrogens (tertiary/aromatic N) is 21. The summed E-state index contributed by atoms with van der Waals surface area (Å²) >= 11 is 25.8. The molecule has 4 saturated heterocycles. The predicted molar refractivity (Wildman–Crippen MR) is 523 cm³/mol. The van der Waals surface area contributed by atoms with Crippen LogP contribution in [0.5, 0.6) is 0 Å². The molecule has 0 radical (unpaired) electrons. The quantitative estimate of drug-likeness (QED) is 0.0608. The van der Waals surface area contributed by atoms with Crippen molar-refractivity contribution in [1.29, 1.82) is 0 Å². The first kappa shape index (κ1) is 116. The van der Waals surface area contributed by atoms with E-state index in [2.05, 4.69) is 35.6 Å². The van der Waals surface area contributed by atoms with Crippen LogP contribution in [-0.2, 0) is 90.4 Å². The number of amides is 4. The van der Waals surface area contributed by atoms with Crippen molar-refractivity contribution in [1.82, 2.24) is 95.6 Å². The Morgan fingerprint density at radius 2 is 0.580 bits per heavy atom. The summed E-state index contributed by atoms with van der Waals surface area (Å²) < 4.78 is 119. The lowest BCUT2D eigenvalue weighted by Crippen LogP contribution is -2.50. The molecule has 0 unspecified atom stereocenters. The Morgan fingerprint density at radius 3 is 0.813 bits per heavy atom. The molecule has 8 aromatic heterocycles. The summed E-state index contributed by atoms with van der Waals surface area (Å²) in [6, 6.07) is 27.8. The summed E-state index contributed by atoms with van der Waals surface area (Å²) in [5.74, 6) is -10.6. The largest absolute Gasteiger partial charge is 0.490 e. The van der Waals surface area contributed by atoms with Crippen LogP contribution in [0.15, 0.2) is 135 Å². The maximum Gasteiger partial charge on any atom is 0.490 e. The highest BCUT2D eigenvalue weighted by Gasteiger charge is 2.42. The highest BCUT2D eigenvalue weighted by atomic mass is 35.5. The smallest absolute Gasteiger partial charge is 0.480 e. The number of hydrogen-bond donors (Lipinski definition) is 10. The summed E-state index contributed by atoms with van der Waals surface area (Å²) in [5.41, 5.74) is 6.43. The first-order valence-electron chi connectivity index (χ1n) is 44.2. The lowest BCUT2D eigenvalue weighted by atomic mass is 10.2. The van der Waals surface area contributed by atoms with Crippen LogP contribution < -0.4 is 86.7 Å². The Kier molecular flexibility index (Phi) is 36.6. The highest BCUT2D eigenvalue weighted by Crippen LogP contribution is 2.36. The maximum atomic E-state index is 13.3. The molecule has 4 aliphatic heterocycles. The number of carbonyl (C=O) groups is 9. The van der Waals surface area contributed by atoms with Gasteiger partial charge in [-0.15, -0.1) is 0 Å². The number of alkyl halides is 9. The van der Waals surface area contributed by atoms with Gasteiger partial charge in [-0.25, -0.2) is 43.2 Å². The minimum atomic E-state index is -5.08. The average Bonchev–Trinajstić information content (AvgIpc) is 1.59. The number of ether oxygens (including phenoxy) is 2. The molecule has 808 valence electrons. The monoisotopic (exact) mass is 2200 g/mol. The van der Waals surface area contributed by atoms with Gasteiger partial charge in [0.2, 0.25) is 35.6 Å². The van der Waals surface area contributed by atoms with Crippen molar-refractivity contribution < 1.29 is 118 Å². The molecule has 4 fully saturated rings. The Labute approximate surface area is 855 Å². The molecule has 12 heterocycles. The van der Waals surface area contributed by atoms with E-state index in [1.807, 2.05) is 19.6 Å². The number of nitrogens with two attached hydrogens (primary N) is 2. The van der Waals surface area contributed by atoms with E-state index in [1.165, 1.54) is 21.1 Å². The Hall–Kier alpha value is -16.0. The van der Waals surface area contributed by atoms with Crippen molar-refractivity contribution in [3.05, 3.63) is 201 Å². The van der Waals surface area contributed by atoms with Crippen molar-refractivity contribution in [2.75, 3.05) is 124 Å². The number of carbonyl (C=O) groups excluding carboxylic acids is 4. The van der Waals surface area contributed by atoms with Gasteiger partial charge >= 0.3 is 83.3 Å². The van der Waals surface area contributed by atoms with Crippen molar-refractivity contribution in [2.45, 2.75) is 97.5 Å². The minimum absolute atomic E-state index is 0.0198. The molecule has 12 aromatic rings. The summed E-state index contributed by atoms with van der Waals surface area (Å²) in [5, 5.41) is 48.1. The van der Waals surface area contributed by atoms with Gasteiger partial charge in [-0.2, -0.15) is 59.4 Å². The van der Waals surface area contributed by atoms with Gasteiger partial charge in [-0.1, -0.05) is 94.9 Å². The zero-order chi connectivity index (χ0) is 111. The van der Waals surface area contributed by atoms with Crippen molar-refractivity contribution >= 4 is 169 Å². The molecule has 16 rings (SSSR count). The number of piperazine rings is 4. The number of carboxylic acid groups (broad SMARTS) is 5. The van der Waals surface area contributed by atoms with Crippen LogP contribution in [0.4, 0.5) is 72.9 Å². The van der Waals surface area contributed by atoms with Crippen molar-refractivity contribution in [2.24, 2.45) is 32.6 Å². The average molecular weight is 2200 g/mol. The van der Waals surface area contributed by atoms with Crippen LogP contribution in [0.3, 0.4) is 0 Å². The molecule has 0 atom stereocenters. The fourth-order valence-electron chi connectivity index (χ4n) is 15.0. The Bertz CT molecular complexity index is 7430. The minimum Gasteiger partial charge on any atom is -0.480 e. The summed E-state index contributed by atoms with van der Waals surface area (Å²) in [4.78, 5) is 232. The van der Waals surface area contributed by atoms with E-state index in [9.17, 15) is 117 Å². The highest BCUT2D eigenvalue weighted by molar-refractivity contribution is 6.33. The zero-order valence-corrected chi connectivity index (χ0v) is 83.4. The number of halogens is 13. The van der Waals surface area contributed by atoms with Gasteiger partial charge in [0.05, 0.1) is 42.8 Å². The number of para-hydroxylation sites is 4. The van der Waals surface area contributed by atoms with Gasteiger partial charge in [0.1, 0.15) is 37.4 Å². The molecule has 0 spiro atoms. The van der Waals surface area contributed by atoms with Crippen LogP contribution in [0.1, 0.15) is 41.5 Å². The van der Waals surface area contributed by atoms with E-state index in [1.54, 1.807) is 167 Å². The van der Waals surface area contributed by atoms with Gasteiger partial charge in [0.25, 0.3) is 22.2 Å². The number of aromatic nitrogens is 16. The van der Waals surface area contributed by atoms with E-state index in [0.29, 0.717) is 145 Å². The number of anilines is 4. The van der Waals surface area contributed by atoms with Crippen LogP contribution in [-0.4, -0.2) is 299 Å². The molecule has 4 aliphatic rings. The van der Waals surface area contributed by atoms with Crippen LogP contribution >= 0.6 is 46.4 Å². The Balaban J connectivity index is 0.000000192. The summed E-state index contributed by atoms with van der Waals surface area (Å²) in [7, 11) is 3.92. The maximum absolute atomic E-state index is 13.3. The zero-order valence-electron chi connectivity index (χ0n) is 80.3. The van der Waals surface area contributed by atoms with E-state index >= 15 is 0 Å². The number of nitrogens with one attached hydrogen (secondary N) is 3. The molecule has 0 aliphatic carbocycles. The lowest BCUT2D eigenvalue weighted by molar-refractivity contribution is -0.193. The van der Waals surface area contributed by atoms with E-state index in [-0.39, 0.29) is 44.7 Å². The third-order valence-corrected chi connectivity index (χ3v) is 23.0. The third-order valence-electron chi connectivity index (χ3n) is 21.7. The molecular formula is C87H95Cl4F9N26O24. The van der Waals surface area contributed by atoms with Gasteiger partial charge in [0, 0.05) is 126 Å². The first-order chi connectivity index (χ1) is 70.0. The SMILES string of the molecule is Cn1c(=O)c2c(nc(N3CCN(C(=O)OC(C)(C)C)CC3)n2-c2ccccc2Cl)n(CC(=O)O)c1=O.Cn1c(=O)c2c(nc(N3CCN(C(=O)OC(C)(C)C)CC3)n2-c2ccccc2Cl)n(CC(N)=O)c1=O.Cn1c(=O)c2c(nc(N3CCNCC3)n2-c2ccccc2Cl)n(CC(=O)O)c1=O.NC(=O)Cn1c(=O)[nH]c(=O)c2c1nc(N1CCNCC1)n2-c1ccccc1Cl.O=C(O)C(F)(F)F.O=C(O)C(F)(F)F.O=C(O)C(F)(F)F. The molecule has 4 aromatic carbocycles. The number of imidazole rings is 4. The number of benzene rings is 4. The number of hydrogen-bond acceptors (Lipinski definition) is 29. The summed E-state index contributed by atoms with van der Waals surface area (Å²) in [6.45, 7) is 17.1. The number of carboxylic acids is 5.